The van der Waals surface area contributed by atoms with E-state index in [1.54, 1.807) is 23.5 Å². The van der Waals surface area contributed by atoms with Crippen LogP contribution in [0.1, 0.15) is 45.6 Å². The second kappa shape index (κ2) is 10.1. The number of nitrogens with zero attached hydrogens (tertiary/aromatic N) is 2. The molecule has 2 heterocycles. The van der Waals surface area contributed by atoms with Crippen molar-refractivity contribution in [2.75, 3.05) is 31.1 Å². The molecule has 1 saturated heterocycles. The average Bonchev–Trinajstić information content (AvgIpc) is 3.27. The molecule has 1 fully saturated rings. The summed E-state index contributed by atoms with van der Waals surface area (Å²) in [6, 6.07) is 6.89. The maximum absolute atomic E-state index is 12.5. The van der Waals surface area contributed by atoms with E-state index >= 15 is 0 Å². The van der Waals surface area contributed by atoms with Crippen LogP contribution in [0.3, 0.4) is 0 Å². The normalized spacial score (nSPS) is 17.5. The predicted molar refractivity (Wildman–Crippen MR) is 125 cm³/mol. The van der Waals surface area contributed by atoms with Crippen molar-refractivity contribution in [3.8, 4) is 0 Å². The second-order valence-electron chi connectivity index (χ2n) is 9.00. The predicted octanol–water partition coefficient (Wildman–Crippen LogP) is 3.14. The van der Waals surface area contributed by atoms with Gasteiger partial charge in [-0.1, -0.05) is 32.9 Å². The Labute approximate surface area is 189 Å². The van der Waals surface area contributed by atoms with Gasteiger partial charge in [-0.2, -0.15) is 0 Å². The molecule has 1 aliphatic heterocycles. The van der Waals surface area contributed by atoms with Gasteiger partial charge < -0.3 is 10.2 Å². The molecule has 0 aliphatic carbocycles. The molecular formula is C22H32N4O3S2. The van der Waals surface area contributed by atoms with E-state index in [0.717, 1.165) is 36.6 Å². The maximum atomic E-state index is 12.5. The molecule has 7 nitrogen and oxygen atoms in total. The molecule has 0 saturated carbocycles. The monoisotopic (exact) mass is 464 g/mol. The highest BCUT2D eigenvalue weighted by Gasteiger charge is 2.22. The third-order valence-corrected chi connectivity index (χ3v) is 7.78. The number of sulfonamides is 1. The first kappa shape index (κ1) is 23.7. The summed E-state index contributed by atoms with van der Waals surface area (Å²) in [6.07, 6.45) is 4.07. The molecule has 0 spiro atoms. The second-order valence-corrected chi connectivity index (χ2v) is 11.6. The highest BCUT2D eigenvalue weighted by Crippen LogP contribution is 2.25. The fourth-order valence-corrected chi connectivity index (χ4v) is 5.35. The van der Waals surface area contributed by atoms with E-state index in [-0.39, 0.29) is 29.2 Å². The minimum atomic E-state index is -3.63. The third-order valence-electron chi connectivity index (χ3n) is 5.47. The standard InChI is InChI=1S/C22H32N4O3S2/c1-22(2,3)18-6-8-19(9-7-18)31(28,29)25-11-10-20(27)24-15-17-5-4-13-26(16-17)21-23-12-14-30-21/h6-9,12,14,17,25H,4-5,10-11,13,15-16H2,1-3H3,(H,24,27). The van der Waals surface area contributed by atoms with Crippen molar-refractivity contribution in [1.82, 2.24) is 15.0 Å². The van der Waals surface area contributed by atoms with Gasteiger partial charge in [-0.05, 0) is 41.9 Å². The van der Waals surface area contributed by atoms with Crippen LogP contribution in [-0.4, -0.2) is 45.5 Å². The van der Waals surface area contributed by atoms with Gasteiger partial charge in [0, 0.05) is 44.2 Å². The molecule has 9 heteroatoms. The molecule has 1 atom stereocenters. The first-order valence-corrected chi connectivity index (χ1v) is 13.0. The van der Waals surface area contributed by atoms with E-state index in [0.29, 0.717) is 12.5 Å². The lowest BCUT2D eigenvalue weighted by molar-refractivity contribution is -0.121. The number of carbonyl (C=O) groups is 1. The molecule has 1 aromatic carbocycles. The molecule has 3 rings (SSSR count). The van der Waals surface area contributed by atoms with Crippen LogP contribution in [0.15, 0.2) is 40.7 Å². The Morgan fingerprint density at radius 1 is 1.26 bits per heavy atom. The molecule has 1 unspecified atom stereocenters. The van der Waals surface area contributed by atoms with Gasteiger partial charge >= 0.3 is 0 Å². The topological polar surface area (TPSA) is 91.4 Å². The number of carbonyl (C=O) groups excluding carboxylic acids is 1. The summed E-state index contributed by atoms with van der Waals surface area (Å²) >= 11 is 1.63. The molecule has 0 radical (unpaired) electrons. The molecule has 1 amide bonds. The van der Waals surface area contributed by atoms with E-state index in [4.69, 9.17) is 0 Å². The van der Waals surface area contributed by atoms with Crippen molar-refractivity contribution in [2.24, 2.45) is 5.92 Å². The summed E-state index contributed by atoms with van der Waals surface area (Å²) in [5.41, 5.74) is 1.03. The van der Waals surface area contributed by atoms with Crippen LogP contribution in [0.2, 0.25) is 0 Å². The third kappa shape index (κ3) is 6.75. The van der Waals surface area contributed by atoms with Gasteiger partial charge in [0.15, 0.2) is 5.13 Å². The summed E-state index contributed by atoms with van der Waals surface area (Å²) < 4.78 is 27.5. The summed E-state index contributed by atoms with van der Waals surface area (Å²) in [7, 11) is -3.63. The van der Waals surface area contributed by atoms with E-state index in [1.165, 1.54) is 0 Å². The summed E-state index contributed by atoms with van der Waals surface area (Å²) in [6.45, 7) is 8.79. The van der Waals surface area contributed by atoms with E-state index in [9.17, 15) is 13.2 Å². The number of hydrogen-bond acceptors (Lipinski definition) is 6. The number of aromatic nitrogens is 1. The molecule has 0 bridgehead atoms. The summed E-state index contributed by atoms with van der Waals surface area (Å²) in [5.74, 6) is 0.233. The van der Waals surface area contributed by atoms with Crippen molar-refractivity contribution in [3.63, 3.8) is 0 Å². The van der Waals surface area contributed by atoms with Crippen LogP contribution in [0.5, 0.6) is 0 Å². The number of benzene rings is 1. The number of rotatable bonds is 8. The lowest BCUT2D eigenvalue weighted by Gasteiger charge is -2.32. The Kier molecular flexibility index (Phi) is 7.72. The average molecular weight is 465 g/mol. The molecule has 170 valence electrons. The van der Waals surface area contributed by atoms with Crippen LogP contribution in [0.25, 0.3) is 0 Å². The number of thiazole rings is 1. The molecular weight excluding hydrogens is 432 g/mol. The van der Waals surface area contributed by atoms with Crippen molar-refractivity contribution < 1.29 is 13.2 Å². The van der Waals surface area contributed by atoms with Gasteiger partial charge in [0.05, 0.1) is 4.90 Å². The zero-order chi connectivity index (χ0) is 22.5. The first-order valence-electron chi connectivity index (χ1n) is 10.7. The minimum Gasteiger partial charge on any atom is -0.356 e. The van der Waals surface area contributed by atoms with Gasteiger partial charge in [0.25, 0.3) is 0 Å². The summed E-state index contributed by atoms with van der Waals surface area (Å²) in [4.78, 5) is 19.1. The molecule has 2 aromatic rings. The lowest BCUT2D eigenvalue weighted by atomic mass is 9.87. The van der Waals surface area contributed by atoms with Gasteiger partial charge in [0.2, 0.25) is 15.9 Å². The number of anilines is 1. The van der Waals surface area contributed by atoms with Crippen LogP contribution >= 0.6 is 11.3 Å². The fraction of sp³-hybridized carbons (Fsp3) is 0.545. The van der Waals surface area contributed by atoms with Crippen molar-refractivity contribution in [3.05, 3.63) is 41.4 Å². The SMILES string of the molecule is CC(C)(C)c1ccc(S(=O)(=O)NCCC(=O)NCC2CCCN(c3nccs3)C2)cc1. The highest BCUT2D eigenvalue weighted by molar-refractivity contribution is 7.89. The highest BCUT2D eigenvalue weighted by atomic mass is 32.2. The number of nitrogens with one attached hydrogen (secondary N) is 2. The largest absolute Gasteiger partial charge is 0.356 e. The van der Waals surface area contributed by atoms with Crippen LogP contribution in [0.4, 0.5) is 5.13 Å². The zero-order valence-corrected chi connectivity index (χ0v) is 20.1. The van der Waals surface area contributed by atoms with Gasteiger partial charge in [-0.25, -0.2) is 18.1 Å². The lowest BCUT2D eigenvalue weighted by Crippen LogP contribution is -2.41. The van der Waals surface area contributed by atoms with Crippen LogP contribution < -0.4 is 14.9 Å². The first-order chi connectivity index (χ1) is 14.6. The number of hydrogen-bond donors (Lipinski definition) is 2. The Balaban J connectivity index is 1.41. The Morgan fingerprint density at radius 3 is 2.65 bits per heavy atom. The Bertz CT molecular complexity index is 952. The van der Waals surface area contributed by atoms with E-state index in [2.05, 4.69) is 40.7 Å². The fourth-order valence-electron chi connectivity index (χ4n) is 3.64. The minimum absolute atomic E-state index is 0.0382. The van der Waals surface area contributed by atoms with Gasteiger partial charge in [-0.3, -0.25) is 4.79 Å². The maximum Gasteiger partial charge on any atom is 0.240 e. The smallest absolute Gasteiger partial charge is 0.240 e. The number of piperidine rings is 1. The van der Waals surface area contributed by atoms with E-state index < -0.39 is 10.0 Å². The molecule has 1 aliphatic rings. The zero-order valence-electron chi connectivity index (χ0n) is 18.4. The van der Waals surface area contributed by atoms with Crippen molar-refractivity contribution in [2.45, 2.75) is 50.3 Å². The Hall–Kier alpha value is -1.97. The number of amides is 1. The van der Waals surface area contributed by atoms with Crippen molar-refractivity contribution in [1.29, 1.82) is 0 Å². The Morgan fingerprint density at radius 2 is 2.00 bits per heavy atom. The van der Waals surface area contributed by atoms with Crippen LogP contribution in [-0.2, 0) is 20.2 Å². The summed E-state index contributed by atoms with van der Waals surface area (Å²) in [5, 5.41) is 5.95. The van der Waals surface area contributed by atoms with Crippen LogP contribution in [0, 0.1) is 5.92 Å². The molecule has 1 aromatic heterocycles. The van der Waals surface area contributed by atoms with E-state index in [1.807, 2.05) is 23.7 Å². The molecule has 2 N–H and O–H groups in total. The van der Waals surface area contributed by atoms with Crippen molar-refractivity contribution >= 4 is 32.4 Å². The molecule has 31 heavy (non-hydrogen) atoms. The quantitative estimate of drug-likeness (QED) is 0.626. The van der Waals surface area contributed by atoms with Gasteiger partial charge in [0.1, 0.15) is 0 Å². The van der Waals surface area contributed by atoms with Gasteiger partial charge in [-0.15, -0.1) is 11.3 Å².